The molecule has 0 unspecified atom stereocenters. The SMILES string of the molecule is COCCN1C[C@@H](NC(=O)Nc2c(C(C)(C)C)nc(-c3cnn(C)c3)c3ccccc23)[C@H](c2cccc(F)c2)C1. The molecule has 1 fully saturated rings. The smallest absolute Gasteiger partial charge is 0.319 e. The summed E-state index contributed by atoms with van der Waals surface area (Å²) in [7, 11) is 3.56. The zero-order valence-corrected chi connectivity index (χ0v) is 23.7. The van der Waals surface area contributed by atoms with Crippen LogP contribution in [0.2, 0.25) is 0 Å². The fourth-order valence-corrected chi connectivity index (χ4v) is 5.52. The molecule has 2 N–H and O–H groups in total. The Hall–Kier alpha value is -3.82. The largest absolute Gasteiger partial charge is 0.383 e. The van der Waals surface area contributed by atoms with Crippen LogP contribution in [0.4, 0.5) is 14.9 Å². The molecular weight excluding hydrogens is 507 g/mol. The van der Waals surface area contributed by atoms with Crippen molar-refractivity contribution >= 4 is 22.5 Å². The zero-order chi connectivity index (χ0) is 28.4. The number of halogens is 1. The molecule has 8 nitrogen and oxygen atoms in total. The average molecular weight is 545 g/mol. The van der Waals surface area contributed by atoms with Crippen molar-refractivity contribution in [3.05, 3.63) is 78.0 Å². The summed E-state index contributed by atoms with van der Waals surface area (Å²) in [5, 5.41) is 12.5. The van der Waals surface area contributed by atoms with E-state index in [4.69, 9.17) is 9.72 Å². The third-order valence-electron chi connectivity index (χ3n) is 7.44. The van der Waals surface area contributed by atoms with Crippen LogP contribution in [0, 0.1) is 5.82 Å². The quantitative estimate of drug-likeness (QED) is 0.330. The second kappa shape index (κ2) is 11.3. The van der Waals surface area contributed by atoms with E-state index in [1.807, 2.05) is 49.8 Å². The number of fused-ring (bicyclic) bond motifs is 1. The summed E-state index contributed by atoms with van der Waals surface area (Å²) in [5.74, 6) is -0.333. The molecule has 2 amide bonds. The van der Waals surface area contributed by atoms with Gasteiger partial charge in [-0.15, -0.1) is 0 Å². The second-order valence-electron chi connectivity index (χ2n) is 11.5. The van der Waals surface area contributed by atoms with Crippen molar-refractivity contribution in [1.29, 1.82) is 0 Å². The van der Waals surface area contributed by atoms with E-state index < -0.39 is 0 Å². The van der Waals surface area contributed by atoms with Crippen molar-refractivity contribution in [2.45, 2.75) is 38.1 Å². The molecule has 0 saturated carbocycles. The van der Waals surface area contributed by atoms with Crippen LogP contribution in [0.15, 0.2) is 60.9 Å². The summed E-state index contributed by atoms with van der Waals surface area (Å²) in [6.45, 7) is 8.93. The molecule has 1 saturated heterocycles. The Morgan fingerprint density at radius 3 is 2.58 bits per heavy atom. The number of rotatable bonds is 7. The molecule has 2 aromatic heterocycles. The molecule has 0 bridgehead atoms. The molecule has 0 radical (unpaired) electrons. The van der Waals surface area contributed by atoms with Gasteiger partial charge in [0.05, 0.1) is 35.9 Å². The minimum atomic E-state index is -0.349. The zero-order valence-electron chi connectivity index (χ0n) is 23.7. The Bertz CT molecular complexity index is 1510. The number of carbonyl (C=O) groups excluding carboxylic acids is 1. The molecule has 2 atom stereocenters. The lowest BCUT2D eigenvalue weighted by molar-refractivity contribution is 0.159. The van der Waals surface area contributed by atoms with Crippen LogP contribution in [-0.2, 0) is 17.2 Å². The van der Waals surface area contributed by atoms with Crippen LogP contribution in [0.25, 0.3) is 22.0 Å². The van der Waals surface area contributed by atoms with Crippen LogP contribution in [0.3, 0.4) is 0 Å². The number of hydrogen-bond donors (Lipinski definition) is 2. The highest BCUT2D eigenvalue weighted by Crippen LogP contribution is 2.38. The number of ether oxygens (including phenoxy) is 1. The highest BCUT2D eigenvalue weighted by atomic mass is 19.1. The molecule has 9 heteroatoms. The number of likely N-dealkylation sites (tertiary alicyclic amines) is 1. The Morgan fingerprint density at radius 2 is 1.90 bits per heavy atom. The van der Waals surface area contributed by atoms with E-state index in [2.05, 4.69) is 41.4 Å². The predicted molar refractivity (Wildman–Crippen MR) is 156 cm³/mol. The third-order valence-corrected chi connectivity index (χ3v) is 7.44. The van der Waals surface area contributed by atoms with Crippen molar-refractivity contribution in [2.24, 2.45) is 7.05 Å². The number of anilines is 1. The maximum absolute atomic E-state index is 14.1. The molecule has 210 valence electrons. The fourth-order valence-electron chi connectivity index (χ4n) is 5.52. The number of aryl methyl sites for hydroxylation is 1. The Kier molecular flexibility index (Phi) is 7.87. The Balaban J connectivity index is 1.48. The van der Waals surface area contributed by atoms with Crippen molar-refractivity contribution in [3.63, 3.8) is 0 Å². The number of methoxy groups -OCH3 is 1. The van der Waals surface area contributed by atoms with Crippen LogP contribution in [-0.4, -0.2) is 65.1 Å². The van der Waals surface area contributed by atoms with Gasteiger partial charge >= 0.3 is 6.03 Å². The van der Waals surface area contributed by atoms with Gasteiger partial charge in [0.15, 0.2) is 0 Å². The van der Waals surface area contributed by atoms with Gasteiger partial charge in [0.2, 0.25) is 0 Å². The minimum Gasteiger partial charge on any atom is -0.383 e. The first-order valence-electron chi connectivity index (χ1n) is 13.6. The molecule has 40 heavy (non-hydrogen) atoms. The lowest BCUT2D eigenvalue weighted by atomic mass is 9.88. The third kappa shape index (κ3) is 5.85. The molecular formula is C31H37FN6O2. The van der Waals surface area contributed by atoms with E-state index >= 15 is 0 Å². The van der Waals surface area contributed by atoms with Crippen LogP contribution >= 0.6 is 0 Å². The minimum absolute atomic E-state index is 0.0526. The van der Waals surface area contributed by atoms with Crippen LogP contribution in [0.5, 0.6) is 0 Å². The highest BCUT2D eigenvalue weighted by Gasteiger charge is 2.35. The normalized spacial score (nSPS) is 17.9. The highest BCUT2D eigenvalue weighted by molar-refractivity contribution is 6.07. The number of nitrogens with one attached hydrogen (secondary N) is 2. The van der Waals surface area contributed by atoms with E-state index in [-0.39, 0.29) is 29.2 Å². The maximum Gasteiger partial charge on any atom is 0.319 e. The summed E-state index contributed by atoms with van der Waals surface area (Å²) >= 11 is 0. The van der Waals surface area contributed by atoms with E-state index in [0.29, 0.717) is 25.4 Å². The molecule has 5 rings (SSSR count). The van der Waals surface area contributed by atoms with Crippen LogP contribution in [0.1, 0.15) is 37.9 Å². The lowest BCUT2D eigenvalue weighted by Crippen LogP contribution is -2.42. The number of nitrogens with zero attached hydrogens (tertiary/aromatic N) is 4. The topological polar surface area (TPSA) is 84.3 Å². The molecule has 1 aliphatic heterocycles. The molecule has 3 heterocycles. The first kappa shape index (κ1) is 27.7. The van der Waals surface area contributed by atoms with Gasteiger partial charge in [0.1, 0.15) is 5.82 Å². The van der Waals surface area contributed by atoms with E-state index in [1.54, 1.807) is 23.9 Å². The number of hydrogen-bond acceptors (Lipinski definition) is 5. The maximum atomic E-state index is 14.1. The standard InChI is InChI=1S/C31H37FN6O2/c1-31(2,3)29-28(24-12-7-6-11-23(24)27(35-29)21-16-33-37(4)17-21)36-30(39)34-26-19-38(13-14-40-5)18-25(26)20-9-8-10-22(32)15-20/h6-12,15-17,25-26H,13-14,18-19H2,1-5H3,(H2,34,36,39)/t25-,26+/m0/s1. The number of aromatic nitrogens is 3. The van der Waals surface area contributed by atoms with Crippen molar-refractivity contribution in [2.75, 3.05) is 38.7 Å². The van der Waals surface area contributed by atoms with E-state index in [9.17, 15) is 9.18 Å². The number of urea groups is 1. The summed E-state index contributed by atoms with van der Waals surface area (Å²) < 4.78 is 21.1. The Labute approximate surface area is 234 Å². The molecule has 0 aliphatic carbocycles. The summed E-state index contributed by atoms with van der Waals surface area (Å²) in [4.78, 5) is 21.0. The van der Waals surface area contributed by atoms with Gasteiger partial charge in [-0.3, -0.25) is 9.58 Å². The number of benzene rings is 2. The van der Waals surface area contributed by atoms with Crippen molar-refractivity contribution in [3.8, 4) is 11.3 Å². The molecule has 0 spiro atoms. The van der Waals surface area contributed by atoms with Gasteiger partial charge in [-0.2, -0.15) is 5.10 Å². The fraction of sp³-hybridized carbons (Fsp3) is 0.387. The molecule has 4 aromatic rings. The van der Waals surface area contributed by atoms with Crippen LogP contribution < -0.4 is 10.6 Å². The molecule has 2 aromatic carbocycles. The van der Waals surface area contributed by atoms with Gasteiger partial charge < -0.3 is 15.4 Å². The van der Waals surface area contributed by atoms with Crippen molar-refractivity contribution in [1.82, 2.24) is 25.0 Å². The van der Waals surface area contributed by atoms with Crippen molar-refractivity contribution < 1.29 is 13.9 Å². The number of pyridine rings is 1. The first-order valence-corrected chi connectivity index (χ1v) is 13.6. The number of carbonyl (C=O) groups is 1. The second-order valence-corrected chi connectivity index (χ2v) is 11.5. The molecule has 1 aliphatic rings. The predicted octanol–water partition coefficient (Wildman–Crippen LogP) is 5.31. The monoisotopic (exact) mass is 544 g/mol. The van der Waals surface area contributed by atoms with Gasteiger partial charge in [-0.25, -0.2) is 14.2 Å². The average Bonchev–Trinajstić information content (AvgIpc) is 3.52. The van der Waals surface area contributed by atoms with E-state index in [0.717, 1.165) is 39.8 Å². The lowest BCUT2D eigenvalue weighted by Gasteiger charge is -2.26. The summed E-state index contributed by atoms with van der Waals surface area (Å²) in [6.07, 6.45) is 3.76. The van der Waals surface area contributed by atoms with Gasteiger partial charge in [-0.1, -0.05) is 57.2 Å². The van der Waals surface area contributed by atoms with Gasteiger partial charge in [0.25, 0.3) is 0 Å². The number of amides is 2. The first-order chi connectivity index (χ1) is 19.1. The Morgan fingerprint density at radius 1 is 1.12 bits per heavy atom. The van der Waals surface area contributed by atoms with Gasteiger partial charge in [-0.05, 0) is 17.7 Å². The summed E-state index contributed by atoms with van der Waals surface area (Å²) in [5.41, 5.74) is 3.74. The van der Waals surface area contributed by atoms with Gasteiger partial charge in [0, 0.05) is 67.7 Å². The summed E-state index contributed by atoms with van der Waals surface area (Å²) in [6, 6.07) is 14.1. The van der Waals surface area contributed by atoms with E-state index in [1.165, 1.54) is 6.07 Å².